The van der Waals surface area contributed by atoms with Crippen LogP contribution in [0.25, 0.3) is 0 Å². The highest BCUT2D eigenvalue weighted by molar-refractivity contribution is 4.87. The molecule has 2 unspecified atom stereocenters. The van der Waals surface area contributed by atoms with Crippen molar-refractivity contribution in [1.29, 1.82) is 0 Å². The summed E-state index contributed by atoms with van der Waals surface area (Å²) in [5.41, 5.74) is 0. The van der Waals surface area contributed by atoms with E-state index in [1.54, 1.807) is 0 Å². The maximum absolute atomic E-state index is 2.65. The molecule has 4 atom stereocenters. The maximum atomic E-state index is 2.65. The Morgan fingerprint density at radius 1 is 1.35 bits per heavy atom. The van der Waals surface area contributed by atoms with Crippen molar-refractivity contribution in [2.75, 3.05) is 26.7 Å². The lowest BCUT2D eigenvalue weighted by atomic mass is 9.88. The highest BCUT2D eigenvalue weighted by Crippen LogP contribution is 2.32. The average Bonchev–Trinajstić information content (AvgIpc) is 2.84. The van der Waals surface area contributed by atoms with Crippen LogP contribution in [0.2, 0.25) is 0 Å². The lowest BCUT2D eigenvalue weighted by Crippen LogP contribution is -2.32. The molecule has 0 aliphatic carbocycles. The van der Waals surface area contributed by atoms with Gasteiger partial charge in [0.15, 0.2) is 0 Å². The first-order valence-corrected chi connectivity index (χ1v) is 7.56. The van der Waals surface area contributed by atoms with Gasteiger partial charge in [0.2, 0.25) is 0 Å². The summed E-state index contributed by atoms with van der Waals surface area (Å²) in [5, 5.41) is 0. The van der Waals surface area contributed by atoms with Gasteiger partial charge in [-0.25, -0.2) is 0 Å². The summed E-state index contributed by atoms with van der Waals surface area (Å²) < 4.78 is 0. The van der Waals surface area contributed by atoms with Gasteiger partial charge >= 0.3 is 0 Å². The summed E-state index contributed by atoms with van der Waals surface area (Å²) in [6.45, 7) is 11.1. The van der Waals surface area contributed by atoms with E-state index in [1.165, 1.54) is 45.3 Å². The zero-order valence-electron chi connectivity index (χ0n) is 12.2. The number of nitrogens with zero attached hydrogens (tertiary/aromatic N) is 2. The van der Waals surface area contributed by atoms with Gasteiger partial charge in [-0.15, -0.1) is 0 Å². The molecule has 0 spiro atoms. The fraction of sp³-hybridized carbons (Fsp3) is 1.00. The van der Waals surface area contributed by atoms with Gasteiger partial charge in [-0.3, -0.25) is 0 Å². The van der Waals surface area contributed by atoms with E-state index in [0.717, 1.165) is 23.9 Å². The van der Waals surface area contributed by atoms with Crippen molar-refractivity contribution in [2.24, 2.45) is 11.8 Å². The van der Waals surface area contributed by atoms with Crippen LogP contribution in [0.4, 0.5) is 0 Å². The topological polar surface area (TPSA) is 6.48 Å². The van der Waals surface area contributed by atoms with Gasteiger partial charge in [-0.05, 0) is 64.6 Å². The van der Waals surface area contributed by atoms with Crippen LogP contribution in [0.15, 0.2) is 0 Å². The van der Waals surface area contributed by atoms with Crippen LogP contribution in [0, 0.1) is 11.8 Å². The van der Waals surface area contributed by atoms with Crippen LogP contribution in [0.3, 0.4) is 0 Å². The van der Waals surface area contributed by atoms with E-state index in [-0.39, 0.29) is 0 Å². The molecule has 17 heavy (non-hydrogen) atoms. The molecule has 2 heteroatoms. The minimum atomic E-state index is 0.818. The Morgan fingerprint density at radius 2 is 2.12 bits per heavy atom. The second kappa shape index (κ2) is 5.71. The second-order valence-corrected chi connectivity index (χ2v) is 6.44. The molecule has 0 aromatic heterocycles. The molecule has 0 radical (unpaired) electrons. The molecule has 2 heterocycles. The Morgan fingerprint density at radius 3 is 2.65 bits per heavy atom. The fourth-order valence-electron chi connectivity index (χ4n) is 4.17. The standard InChI is InChI=1S/C15H30N2/c1-5-17-11-14(10-13(17)3)9-12(2)15-7-6-8-16(15)4/h12-15H,5-11H2,1-4H3/t12?,13-,14?,15-/m1/s1. The molecule has 0 N–H and O–H groups in total. The fourth-order valence-corrected chi connectivity index (χ4v) is 4.17. The molecular formula is C15H30N2. The zero-order valence-corrected chi connectivity index (χ0v) is 12.2. The molecule has 100 valence electrons. The van der Waals surface area contributed by atoms with Crippen molar-refractivity contribution in [3.63, 3.8) is 0 Å². The zero-order chi connectivity index (χ0) is 12.4. The van der Waals surface area contributed by atoms with Crippen molar-refractivity contribution in [2.45, 2.75) is 58.5 Å². The summed E-state index contributed by atoms with van der Waals surface area (Å²) in [5.74, 6) is 1.84. The van der Waals surface area contributed by atoms with Crippen LogP contribution in [-0.2, 0) is 0 Å². The number of hydrogen-bond acceptors (Lipinski definition) is 2. The van der Waals surface area contributed by atoms with Gasteiger partial charge in [0, 0.05) is 18.6 Å². The first-order chi connectivity index (χ1) is 8.11. The van der Waals surface area contributed by atoms with Gasteiger partial charge < -0.3 is 9.80 Å². The third kappa shape index (κ3) is 3.03. The second-order valence-electron chi connectivity index (χ2n) is 6.44. The van der Waals surface area contributed by atoms with Crippen LogP contribution >= 0.6 is 0 Å². The van der Waals surface area contributed by atoms with Gasteiger partial charge in [-0.2, -0.15) is 0 Å². The van der Waals surface area contributed by atoms with E-state index in [4.69, 9.17) is 0 Å². The number of likely N-dealkylation sites (tertiary alicyclic amines) is 2. The van der Waals surface area contributed by atoms with Crippen molar-refractivity contribution in [3.05, 3.63) is 0 Å². The molecule has 0 bridgehead atoms. The monoisotopic (exact) mass is 238 g/mol. The van der Waals surface area contributed by atoms with E-state index < -0.39 is 0 Å². The molecule has 0 aromatic rings. The molecule has 2 aliphatic heterocycles. The van der Waals surface area contributed by atoms with Crippen molar-refractivity contribution < 1.29 is 0 Å². The first-order valence-electron chi connectivity index (χ1n) is 7.56. The quantitative estimate of drug-likeness (QED) is 0.743. The maximum Gasteiger partial charge on any atom is 0.0118 e. The van der Waals surface area contributed by atoms with Gasteiger partial charge in [0.25, 0.3) is 0 Å². The molecule has 2 nitrogen and oxygen atoms in total. The van der Waals surface area contributed by atoms with Crippen LogP contribution in [0.5, 0.6) is 0 Å². The van der Waals surface area contributed by atoms with Crippen molar-refractivity contribution in [1.82, 2.24) is 9.80 Å². The molecule has 2 saturated heterocycles. The summed E-state index contributed by atoms with van der Waals surface area (Å²) in [7, 11) is 2.31. The van der Waals surface area contributed by atoms with E-state index >= 15 is 0 Å². The minimum absolute atomic E-state index is 0.818. The third-order valence-electron chi connectivity index (χ3n) is 5.14. The molecule has 0 amide bonds. The molecule has 0 saturated carbocycles. The van der Waals surface area contributed by atoms with Crippen molar-refractivity contribution >= 4 is 0 Å². The average molecular weight is 238 g/mol. The number of rotatable bonds is 4. The highest BCUT2D eigenvalue weighted by atomic mass is 15.2. The van der Waals surface area contributed by atoms with Gasteiger partial charge in [0.05, 0.1) is 0 Å². The molecule has 0 aromatic carbocycles. The van der Waals surface area contributed by atoms with Crippen LogP contribution in [0.1, 0.15) is 46.5 Å². The SMILES string of the molecule is CCN1CC(CC(C)[C@H]2CCCN2C)C[C@H]1C. The lowest BCUT2D eigenvalue weighted by molar-refractivity contribution is 0.208. The van der Waals surface area contributed by atoms with Gasteiger partial charge in [0.1, 0.15) is 0 Å². The lowest BCUT2D eigenvalue weighted by Gasteiger charge is -2.28. The summed E-state index contributed by atoms with van der Waals surface area (Å²) in [4.78, 5) is 5.23. The summed E-state index contributed by atoms with van der Waals surface area (Å²) in [6.07, 6.45) is 5.70. The molecule has 2 rings (SSSR count). The summed E-state index contributed by atoms with van der Waals surface area (Å²) in [6, 6.07) is 1.68. The smallest absolute Gasteiger partial charge is 0.0118 e. The number of hydrogen-bond donors (Lipinski definition) is 0. The van der Waals surface area contributed by atoms with E-state index in [1.807, 2.05) is 0 Å². The summed E-state index contributed by atoms with van der Waals surface area (Å²) >= 11 is 0. The van der Waals surface area contributed by atoms with E-state index in [9.17, 15) is 0 Å². The van der Waals surface area contributed by atoms with Crippen LogP contribution in [-0.4, -0.2) is 48.6 Å². The Labute approximate surface area is 107 Å². The molecule has 2 aliphatic rings. The predicted molar refractivity (Wildman–Crippen MR) is 74.2 cm³/mol. The largest absolute Gasteiger partial charge is 0.303 e. The van der Waals surface area contributed by atoms with Crippen molar-refractivity contribution in [3.8, 4) is 0 Å². The van der Waals surface area contributed by atoms with E-state index in [0.29, 0.717) is 0 Å². The minimum Gasteiger partial charge on any atom is -0.303 e. The Hall–Kier alpha value is -0.0800. The van der Waals surface area contributed by atoms with Gasteiger partial charge in [-0.1, -0.05) is 13.8 Å². The van der Waals surface area contributed by atoms with Crippen LogP contribution < -0.4 is 0 Å². The van der Waals surface area contributed by atoms with E-state index in [2.05, 4.69) is 37.6 Å². The highest BCUT2D eigenvalue weighted by Gasteiger charge is 2.32. The molecular weight excluding hydrogens is 208 g/mol. The third-order valence-corrected chi connectivity index (χ3v) is 5.14. The first kappa shape index (κ1) is 13.4. The Bertz CT molecular complexity index is 241. The predicted octanol–water partition coefficient (Wildman–Crippen LogP) is 2.84. The molecule has 2 fully saturated rings. The Balaban J connectivity index is 1.81. The Kier molecular flexibility index (Phi) is 4.48. The normalized spacial score (nSPS) is 37.8.